The Kier molecular flexibility index (Phi) is 9.11. The summed E-state index contributed by atoms with van der Waals surface area (Å²) in [5.74, 6) is 1.09. The number of nitrogens with one attached hydrogen (secondary N) is 2. The van der Waals surface area contributed by atoms with Crippen molar-refractivity contribution < 1.29 is 9.59 Å². The number of aliphatic imine (C=N–C) groups is 1. The van der Waals surface area contributed by atoms with Crippen LogP contribution in [0.3, 0.4) is 0 Å². The predicted octanol–water partition coefficient (Wildman–Crippen LogP) is 3.47. The first-order valence-electron chi connectivity index (χ1n) is 11.4. The van der Waals surface area contributed by atoms with Gasteiger partial charge in [-0.15, -0.1) is 24.0 Å². The molecule has 0 saturated carbocycles. The van der Waals surface area contributed by atoms with Crippen LogP contribution >= 0.6 is 24.0 Å². The van der Waals surface area contributed by atoms with E-state index in [0.717, 1.165) is 49.3 Å². The standard InChI is InChI=1S/C25H31N5O2.HI/c1-26-25(28-18-19-10-12-21(13-11-19)29-16-5-9-23(29)31)27-15-4-8-24(32)30-17-14-20-6-2-3-7-22(20)30;/h2-3,6-7,10-13H,4-5,8-9,14-18H2,1H3,(H2,26,27,28);1H. The maximum Gasteiger partial charge on any atom is 0.227 e. The van der Waals surface area contributed by atoms with Gasteiger partial charge < -0.3 is 20.4 Å². The van der Waals surface area contributed by atoms with Gasteiger partial charge >= 0.3 is 0 Å². The maximum atomic E-state index is 12.6. The lowest BCUT2D eigenvalue weighted by molar-refractivity contribution is -0.118. The van der Waals surface area contributed by atoms with Crippen LogP contribution in [0.5, 0.6) is 0 Å². The molecule has 2 aliphatic heterocycles. The highest BCUT2D eigenvalue weighted by molar-refractivity contribution is 14.0. The fraction of sp³-hybridized carbons (Fsp3) is 0.400. The Hall–Kier alpha value is -2.62. The summed E-state index contributed by atoms with van der Waals surface area (Å²) in [6, 6.07) is 16.2. The first-order valence-corrected chi connectivity index (χ1v) is 11.4. The lowest BCUT2D eigenvalue weighted by Gasteiger charge is -2.18. The Morgan fingerprint density at radius 3 is 2.55 bits per heavy atom. The summed E-state index contributed by atoms with van der Waals surface area (Å²) in [5, 5.41) is 6.58. The Morgan fingerprint density at radius 1 is 1.03 bits per heavy atom. The lowest BCUT2D eigenvalue weighted by Crippen LogP contribution is -2.38. The molecular formula is C25H32IN5O2. The molecule has 1 fully saturated rings. The molecule has 33 heavy (non-hydrogen) atoms. The maximum absolute atomic E-state index is 12.6. The van der Waals surface area contributed by atoms with Crippen molar-refractivity contribution in [1.29, 1.82) is 0 Å². The quantitative estimate of drug-likeness (QED) is 0.235. The average Bonchev–Trinajstić information content (AvgIpc) is 3.45. The van der Waals surface area contributed by atoms with Gasteiger partial charge in [-0.1, -0.05) is 30.3 Å². The Labute approximate surface area is 212 Å². The van der Waals surface area contributed by atoms with Crippen LogP contribution in [0.25, 0.3) is 0 Å². The summed E-state index contributed by atoms with van der Waals surface area (Å²) in [7, 11) is 1.74. The number of halogens is 1. The first-order chi connectivity index (χ1) is 15.7. The number of carbonyl (C=O) groups is 2. The molecule has 0 atom stereocenters. The summed E-state index contributed by atoms with van der Waals surface area (Å²) >= 11 is 0. The van der Waals surface area contributed by atoms with Gasteiger partial charge in [0.2, 0.25) is 11.8 Å². The number of hydrogen-bond donors (Lipinski definition) is 2. The molecule has 2 aromatic rings. The van der Waals surface area contributed by atoms with E-state index in [2.05, 4.69) is 21.7 Å². The zero-order valence-corrected chi connectivity index (χ0v) is 21.4. The molecule has 4 rings (SSSR count). The molecule has 0 bridgehead atoms. The zero-order valence-electron chi connectivity index (χ0n) is 19.0. The fourth-order valence-corrected chi connectivity index (χ4v) is 4.30. The van der Waals surface area contributed by atoms with Crippen LogP contribution < -0.4 is 20.4 Å². The fourth-order valence-electron chi connectivity index (χ4n) is 4.30. The van der Waals surface area contributed by atoms with Crippen molar-refractivity contribution >= 4 is 53.1 Å². The van der Waals surface area contributed by atoms with Crippen LogP contribution in [0.4, 0.5) is 11.4 Å². The number of carbonyl (C=O) groups excluding carboxylic acids is 2. The van der Waals surface area contributed by atoms with Gasteiger partial charge in [0.1, 0.15) is 0 Å². The van der Waals surface area contributed by atoms with Gasteiger partial charge in [-0.25, -0.2) is 0 Å². The number of hydrogen-bond acceptors (Lipinski definition) is 3. The minimum Gasteiger partial charge on any atom is -0.356 e. The highest BCUT2D eigenvalue weighted by Gasteiger charge is 2.23. The molecule has 0 radical (unpaired) electrons. The van der Waals surface area contributed by atoms with Gasteiger partial charge in [0.25, 0.3) is 0 Å². The van der Waals surface area contributed by atoms with Gasteiger partial charge in [0.05, 0.1) is 0 Å². The summed E-state index contributed by atoms with van der Waals surface area (Å²) in [5.41, 5.74) is 4.39. The van der Waals surface area contributed by atoms with Crippen molar-refractivity contribution in [3.63, 3.8) is 0 Å². The van der Waals surface area contributed by atoms with E-state index in [1.165, 1.54) is 5.56 Å². The number of anilines is 2. The second kappa shape index (κ2) is 12.0. The number of amides is 2. The summed E-state index contributed by atoms with van der Waals surface area (Å²) < 4.78 is 0. The minimum atomic E-state index is 0. The van der Waals surface area contributed by atoms with Gasteiger partial charge in [0, 0.05) is 57.4 Å². The van der Waals surface area contributed by atoms with Crippen LogP contribution in [-0.4, -0.2) is 44.5 Å². The molecule has 2 heterocycles. The second-order valence-electron chi connectivity index (χ2n) is 8.20. The Balaban J connectivity index is 0.00000306. The number of para-hydroxylation sites is 1. The van der Waals surface area contributed by atoms with Crippen LogP contribution in [-0.2, 0) is 22.6 Å². The summed E-state index contributed by atoms with van der Waals surface area (Å²) in [4.78, 5) is 32.5. The molecule has 0 unspecified atom stereocenters. The molecule has 0 aliphatic carbocycles. The zero-order chi connectivity index (χ0) is 22.3. The normalized spacial score (nSPS) is 15.3. The Bertz CT molecular complexity index is 993. The third-order valence-electron chi connectivity index (χ3n) is 6.05. The first kappa shape index (κ1) is 25.0. The molecule has 8 heteroatoms. The van der Waals surface area contributed by atoms with Crippen molar-refractivity contribution in [2.24, 2.45) is 4.99 Å². The highest BCUT2D eigenvalue weighted by Crippen LogP contribution is 2.28. The van der Waals surface area contributed by atoms with Crippen LogP contribution in [0.15, 0.2) is 53.5 Å². The van der Waals surface area contributed by atoms with Crippen LogP contribution in [0.2, 0.25) is 0 Å². The second-order valence-corrected chi connectivity index (χ2v) is 8.20. The van der Waals surface area contributed by atoms with E-state index in [-0.39, 0.29) is 35.8 Å². The molecule has 2 aromatic carbocycles. The van der Waals surface area contributed by atoms with E-state index in [0.29, 0.717) is 31.9 Å². The van der Waals surface area contributed by atoms with Gasteiger partial charge in [-0.3, -0.25) is 14.6 Å². The SMILES string of the molecule is CN=C(NCCCC(=O)N1CCc2ccccc21)NCc1ccc(N2CCCC2=O)cc1.I. The van der Waals surface area contributed by atoms with Gasteiger partial charge in [-0.2, -0.15) is 0 Å². The largest absolute Gasteiger partial charge is 0.356 e. The molecule has 2 N–H and O–H groups in total. The van der Waals surface area contributed by atoms with E-state index in [9.17, 15) is 9.59 Å². The van der Waals surface area contributed by atoms with Gasteiger partial charge in [0.15, 0.2) is 5.96 Å². The molecule has 1 saturated heterocycles. The Morgan fingerprint density at radius 2 is 1.82 bits per heavy atom. The monoisotopic (exact) mass is 561 g/mol. The molecule has 0 aromatic heterocycles. The van der Waals surface area contributed by atoms with Crippen molar-refractivity contribution in [3.8, 4) is 0 Å². The minimum absolute atomic E-state index is 0. The topological polar surface area (TPSA) is 77.0 Å². The summed E-state index contributed by atoms with van der Waals surface area (Å²) in [6.07, 6.45) is 3.76. The van der Waals surface area contributed by atoms with Crippen LogP contribution in [0, 0.1) is 0 Å². The molecule has 2 amide bonds. The molecule has 2 aliphatic rings. The van der Waals surface area contributed by atoms with Crippen molar-refractivity contribution in [1.82, 2.24) is 10.6 Å². The third-order valence-corrected chi connectivity index (χ3v) is 6.05. The lowest BCUT2D eigenvalue weighted by atomic mass is 10.2. The third kappa shape index (κ3) is 6.25. The van der Waals surface area contributed by atoms with Crippen molar-refractivity contribution in [2.45, 2.75) is 38.6 Å². The average molecular weight is 561 g/mol. The van der Waals surface area contributed by atoms with Crippen molar-refractivity contribution in [2.75, 3.05) is 36.5 Å². The van der Waals surface area contributed by atoms with E-state index >= 15 is 0 Å². The highest BCUT2D eigenvalue weighted by atomic mass is 127. The van der Waals surface area contributed by atoms with E-state index in [4.69, 9.17) is 0 Å². The molecular weight excluding hydrogens is 529 g/mol. The van der Waals surface area contributed by atoms with E-state index in [1.54, 1.807) is 7.05 Å². The summed E-state index contributed by atoms with van der Waals surface area (Å²) in [6.45, 7) is 2.90. The number of guanidine groups is 1. The number of fused-ring (bicyclic) bond motifs is 1. The smallest absolute Gasteiger partial charge is 0.227 e. The molecule has 176 valence electrons. The predicted molar refractivity (Wildman–Crippen MR) is 143 cm³/mol. The van der Waals surface area contributed by atoms with Crippen molar-refractivity contribution in [3.05, 3.63) is 59.7 Å². The van der Waals surface area contributed by atoms with Gasteiger partial charge in [-0.05, 0) is 48.6 Å². The van der Waals surface area contributed by atoms with Crippen LogP contribution in [0.1, 0.15) is 36.8 Å². The van der Waals surface area contributed by atoms with E-state index in [1.807, 2.05) is 52.3 Å². The van der Waals surface area contributed by atoms with E-state index < -0.39 is 0 Å². The number of nitrogens with zero attached hydrogens (tertiary/aromatic N) is 3. The number of benzene rings is 2. The molecule has 0 spiro atoms. The number of rotatable bonds is 7. The molecule has 7 nitrogen and oxygen atoms in total.